The minimum Gasteiger partial charge on any atom is -0.489 e. The third-order valence-corrected chi connectivity index (χ3v) is 3.82. The van der Waals surface area contributed by atoms with Gasteiger partial charge in [0.1, 0.15) is 12.4 Å². The van der Waals surface area contributed by atoms with E-state index in [1.807, 2.05) is 42.5 Å². The number of hydrazone groups is 1. The van der Waals surface area contributed by atoms with Crippen molar-refractivity contribution in [2.45, 2.75) is 13.5 Å². The minimum absolute atomic E-state index is 0.262. The van der Waals surface area contributed by atoms with Crippen LogP contribution in [0.15, 0.2) is 84.0 Å². The predicted octanol–water partition coefficient (Wildman–Crippen LogP) is 4.34. The van der Waals surface area contributed by atoms with Crippen LogP contribution in [0, 0.1) is 6.92 Å². The molecule has 1 amide bonds. The standard InChI is InChI=1S/C22H20N2O2/c1-17-7-9-19(10-8-17)16-26-21-13-11-20(12-14-21)22(25)24-23-15-18-5-3-2-4-6-18/h2-15H,16H2,1H3,(H,24,25)/b23-15-. The first kappa shape index (κ1) is 17.4. The Balaban J connectivity index is 1.52. The van der Waals surface area contributed by atoms with Gasteiger partial charge >= 0.3 is 0 Å². The number of hydrogen-bond acceptors (Lipinski definition) is 3. The molecular formula is C22H20N2O2. The molecule has 3 aromatic carbocycles. The number of benzene rings is 3. The van der Waals surface area contributed by atoms with E-state index in [2.05, 4.69) is 29.6 Å². The number of aryl methyl sites for hydroxylation is 1. The number of nitrogens with one attached hydrogen (secondary N) is 1. The van der Waals surface area contributed by atoms with Gasteiger partial charge in [-0.3, -0.25) is 4.79 Å². The van der Waals surface area contributed by atoms with Crippen molar-refractivity contribution in [2.75, 3.05) is 0 Å². The second-order valence-electron chi connectivity index (χ2n) is 5.91. The molecule has 3 rings (SSSR count). The monoisotopic (exact) mass is 344 g/mol. The first-order chi connectivity index (χ1) is 12.7. The first-order valence-corrected chi connectivity index (χ1v) is 8.37. The highest BCUT2D eigenvalue weighted by Crippen LogP contribution is 2.14. The third-order valence-electron chi connectivity index (χ3n) is 3.82. The zero-order valence-electron chi connectivity index (χ0n) is 14.6. The summed E-state index contributed by atoms with van der Waals surface area (Å²) < 4.78 is 5.74. The smallest absolute Gasteiger partial charge is 0.271 e. The molecular weight excluding hydrogens is 324 g/mol. The van der Waals surface area contributed by atoms with Gasteiger partial charge < -0.3 is 4.74 Å². The lowest BCUT2D eigenvalue weighted by molar-refractivity contribution is 0.0955. The largest absolute Gasteiger partial charge is 0.489 e. The fraction of sp³-hybridized carbons (Fsp3) is 0.0909. The fourth-order valence-corrected chi connectivity index (χ4v) is 2.32. The van der Waals surface area contributed by atoms with E-state index in [1.54, 1.807) is 30.5 Å². The SMILES string of the molecule is Cc1ccc(COc2ccc(C(=O)N/N=C\c3ccccc3)cc2)cc1. The molecule has 0 aliphatic heterocycles. The number of carbonyl (C=O) groups excluding carboxylic acids is 1. The summed E-state index contributed by atoms with van der Waals surface area (Å²) in [5.41, 5.74) is 6.29. The van der Waals surface area contributed by atoms with Gasteiger partial charge in [0.15, 0.2) is 0 Å². The first-order valence-electron chi connectivity index (χ1n) is 8.37. The summed E-state index contributed by atoms with van der Waals surface area (Å²) in [4.78, 5) is 12.1. The summed E-state index contributed by atoms with van der Waals surface area (Å²) in [7, 11) is 0. The van der Waals surface area contributed by atoms with Crippen molar-refractivity contribution in [3.63, 3.8) is 0 Å². The van der Waals surface area contributed by atoms with Crippen molar-refractivity contribution in [1.29, 1.82) is 0 Å². The summed E-state index contributed by atoms with van der Waals surface area (Å²) >= 11 is 0. The van der Waals surface area contributed by atoms with E-state index in [0.717, 1.165) is 16.9 Å². The molecule has 4 nitrogen and oxygen atoms in total. The van der Waals surface area contributed by atoms with Gasteiger partial charge in [0.25, 0.3) is 5.91 Å². The van der Waals surface area contributed by atoms with Gasteiger partial charge in [0, 0.05) is 5.56 Å². The summed E-state index contributed by atoms with van der Waals surface area (Å²) in [5.74, 6) is 0.456. The molecule has 26 heavy (non-hydrogen) atoms. The third kappa shape index (κ3) is 5.05. The number of nitrogens with zero attached hydrogens (tertiary/aromatic N) is 1. The van der Waals surface area contributed by atoms with E-state index < -0.39 is 0 Å². The highest BCUT2D eigenvalue weighted by Gasteiger charge is 2.04. The van der Waals surface area contributed by atoms with Crippen LogP contribution < -0.4 is 10.2 Å². The Kier molecular flexibility index (Phi) is 5.78. The van der Waals surface area contributed by atoms with Crippen molar-refractivity contribution in [2.24, 2.45) is 5.10 Å². The molecule has 0 aromatic heterocycles. The van der Waals surface area contributed by atoms with E-state index in [9.17, 15) is 4.79 Å². The lowest BCUT2D eigenvalue weighted by Gasteiger charge is -2.07. The zero-order valence-corrected chi connectivity index (χ0v) is 14.6. The second-order valence-corrected chi connectivity index (χ2v) is 5.91. The van der Waals surface area contributed by atoms with Crippen molar-refractivity contribution in [3.8, 4) is 5.75 Å². The minimum atomic E-state index is -0.262. The molecule has 4 heteroatoms. The molecule has 0 unspecified atom stereocenters. The molecule has 0 aliphatic carbocycles. The van der Waals surface area contributed by atoms with Crippen LogP contribution >= 0.6 is 0 Å². The fourth-order valence-electron chi connectivity index (χ4n) is 2.32. The molecule has 0 fully saturated rings. The number of amides is 1. The zero-order chi connectivity index (χ0) is 18.2. The molecule has 1 N–H and O–H groups in total. The molecule has 0 radical (unpaired) electrons. The quantitative estimate of drug-likeness (QED) is 0.534. The Labute approximate surface area is 153 Å². The Morgan fingerprint density at radius 1 is 0.962 bits per heavy atom. The van der Waals surface area contributed by atoms with Crippen LogP contribution in [-0.2, 0) is 6.61 Å². The van der Waals surface area contributed by atoms with Gasteiger partial charge in [-0.1, -0.05) is 60.2 Å². The van der Waals surface area contributed by atoms with Crippen molar-refractivity contribution in [1.82, 2.24) is 5.43 Å². The van der Waals surface area contributed by atoms with Gasteiger partial charge in [-0.25, -0.2) is 5.43 Å². The summed E-state index contributed by atoms with van der Waals surface area (Å²) in [6.45, 7) is 2.55. The van der Waals surface area contributed by atoms with Gasteiger partial charge in [0.05, 0.1) is 6.21 Å². The van der Waals surface area contributed by atoms with E-state index in [1.165, 1.54) is 5.56 Å². The van der Waals surface area contributed by atoms with Crippen molar-refractivity contribution in [3.05, 3.63) is 101 Å². The molecule has 0 atom stereocenters. The van der Waals surface area contributed by atoms with Crippen molar-refractivity contribution >= 4 is 12.1 Å². The molecule has 3 aromatic rings. The van der Waals surface area contributed by atoms with Crippen LogP contribution in [0.5, 0.6) is 5.75 Å². The Bertz CT molecular complexity index is 870. The van der Waals surface area contributed by atoms with Gasteiger partial charge in [0.2, 0.25) is 0 Å². The number of carbonyl (C=O) groups is 1. The van der Waals surface area contributed by atoms with Gasteiger partial charge in [-0.15, -0.1) is 0 Å². The predicted molar refractivity (Wildman–Crippen MR) is 103 cm³/mol. The molecule has 0 aliphatic rings. The maximum atomic E-state index is 12.1. The highest BCUT2D eigenvalue weighted by atomic mass is 16.5. The average molecular weight is 344 g/mol. The van der Waals surface area contributed by atoms with Crippen LogP contribution in [-0.4, -0.2) is 12.1 Å². The van der Waals surface area contributed by atoms with E-state index in [4.69, 9.17) is 4.74 Å². The van der Waals surface area contributed by atoms with E-state index >= 15 is 0 Å². The van der Waals surface area contributed by atoms with E-state index in [0.29, 0.717) is 12.2 Å². The normalized spacial score (nSPS) is 10.7. The van der Waals surface area contributed by atoms with Crippen molar-refractivity contribution < 1.29 is 9.53 Å². The second kappa shape index (κ2) is 8.62. The average Bonchev–Trinajstić information content (AvgIpc) is 2.69. The Morgan fingerprint density at radius 3 is 2.35 bits per heavy atom. The summed E-state index contributed by atoms with van der Waals surface area (Å²) in [6.07, 6.45) is 1.61. The summed E-state index contributed by atoms with van der Waals surface area (Å²) in [6, 6.07) is 24.8. The van der Waals surface area contributed by atoms with Gasteiger partial charge in [-0.05, 0) is 42.3 Å². The Hall–Kier alpha value is -3.40. The number of ether oxygens (including phenoxy) is 1. The molecule has 130 valence electrons. The van der Waals surface area contributed by atoms with Crippen LogP contribution in [0.3, 0.4) is 0 Å². The maximum absolute atomic E-state index is 12.1. The lowest BCUT2D eigenvalue weighted by Crippen LogP contribution is -2.17. The summed E-state index contributed by atoms with van der Waals surface area (Å²) in [5, 5.41) is 3.97. The van der Waals surface area contributed by atoms with Crippen LogP contribution in [0.1, 0.15) is 27.0 Å². The Morgan fingerprint density at radius 2 is 1.65 bits per heavy atom. The van der Waals surface area contributed by atoms with Crippen LogP contribution in [0.4, 0.5) is 0 Å². The highest BCUT2D eigenvalue weighted by molar-refractivity contribution is 5.94. The molecule has 0 spiro atoms. The molecule has 0 saturated heterocycles. The molecule has 0 bridgehead atoms. The van der Waals surface area contributed by atoms with E-state index in [-0.39, 0.29) is 5.91 Å². The lowest BCUT2D eigenvalue weighted by atomic mass is 10.2. The topological polar surface area (TPSA) is 50.7 Å². The molecule has 0 saturated carbocycles. The number of hydrogen-bond donors (Lipinski definition) is 1. The van der Waals surface area contributed by atoms with Crippen LogP contribution in [0.2, 0.25) is 0 Å². The number of rotatable bonds is 6. The molecule has 0 heterocycles. The van der Waals surface area contributed by atoms with Crippen LogP contribution in [0.25, 0.3) is 0 Å². The van der Waals surface area contributed by atoms with Gasteiger partial charge in [-0.2, -0.15) is 5.10 Å². The maximum Gasteiger partial charge on any atom is 0.271 e.